The number of nitrogens with zero attached hydrogens (tertiary/aromatic N) is 1. The number of hydrogen-bond donors (Lipinski definition) is 1. The Morgan fingerprint density at radius 2 is 2.19 bits per heavy atom. The van der Waals surface area contributed by atoms with Crippen molar-refractivity contribution in [2.75, 3.05) is 26.2 Å². The van der Waals surface area contributed by atoms with E-state index in [1.54, 1.807) is 0 Å². The topological polar surface area (TPSA) is 41.6 Å². The first-order chi connectivity index (χ1) is 10.3. The quantitative estimate of drug-likeness (QED) is 0.748. The minimum Gasteiger partial charge on any atom is -0.494 e. The Kier molecular flexibility index (Phi) is 6.54. The first-order valence-electron chi connectivity index (χ1n) is 7.99. The molecular weight excluding hydrogens is 264 g/mol. The molecule has 1 amide bonds. The molecule has 1 fully saturated rings. The molecule has 4 heteroatoms. The molecule has 1 atom stereocenters. The van der Waals surface area contributed by atoms with Crippen molar-refractivity contribution >= 4 is 5.91 Å². The predicted octanol–water partition coefficient (Wildman–Crippen LogP) is 2.45. The molecule has 1 aliphatic heterocycles. The smallest absolute Gasteiger partial charge is 0.222 e. The number of carbonyl (C=O) groups excluding carboxylic acids is 1. The first-order valence-corrected chi connectivity index (χ1v) is 7.99. The average Bonchev–Trinajstić information content (AvgIpc) is 3.04. The highest BCUT2D eigenvalue weighted by atomic mass is 16.5. The van der Waals surface area contributed by atoms with Gasteiger partial charge in [0.25, 0.3) is 0 Å². The number of hydrogen-bond acceptors (Lipinski definition) is 3. The highest BCUT2D eigenvalue weighted by Gasteiger charge is 2.25. The van der Waals surface area contributed by atoms with E-state index < -0.39 is 0 Å². The largest absolute Gasteiger partial charge is 0.494 e. The molecule has 1 aliphatic rings. The van der Waals surface area contributed by atoms with Gasteiger partial charge in [-0.25, -0.2) is 0 Å². The van der Waals surface area contributed by atoms with Crippen LogP contribution < -0.4 is 10.1 Å². The second-order valence-corrected chi connectivity index (χ2v) is 5.50. The van der Waals surface area contributed by atoms with Crippen LogP contribution in [0.2, 0.25) is 0 Å². The monoisotopic (exact) mass is 290 g/mol. The second kappa shape index (κ2) is 8.67. The van der Waals surface area contributed by atoms with Crippen LogP contribution in [0.1, 0.15) is 32.6 Å². The zero-order chi connectivity index (χ0) is 14.9. The van der Waals surface area contributed by atoms with Crippen LogP contribution in [-0.2, 0) is 4.79 Å². The van der Waals surface area contributed by atoms with E-state index in [0.29, 0.717) is 19.1 Å². The van der Waals surface area contributed by atoms with Crippen LogP contribution in [0, 0.1) is 0 Å². The lowest BCUT2D eigenvalue weighted by Crippen LogP contribution is -2.42. The highest BCUT2D eigenvalue weighted by Crippen LogP contribution is 2.13. The van der Waals surface area contributed by atoms with Crippen LogP contribution in [0.25, 0.3) is 0 Å². The molecule has 0 aliphatic carbocycles. The third-order valence-corrected chi connectivity index (χ3v) is 3.81. The van der Waals surface area contributed by atoms with Crippen LogP contribution in [0.15, 0.2) is 30.3 Å². The lowest BCUT2D eigenvalue weighted by Gasteiger charge is -2.28. The molecule has 1 aromatic carbocycles. The summed E-state index contributed by atoms with van der Waals surface area (Å²) in [6, 6.07) is 10.1. The molecular formula is C17H26N2O2. The first kappa shape index (κ1) is 15.8. The van der Waals surface area contributed by atoms with E-state index in [1.165, 1.54) is 0 Å². The number of benzene rings is 1. The van der Waals surface area contributed by atoms with E-state index in [4.69, 9.17) is 4.74 Å². The zero-order valence-corrected chi connectivity index (χ0v) is 12.9. The lowest BCUT2D eigenvalue weighted by molar-refractivity contribution is -0.133. The van der Waals surface area contributed by atoms with Gasteiger partial charge in [0.05, 0.1) is 6.61 Å². The Bertz CT molecular complexity index is 416. The minimum absolute atomic E-state index is 0.266. The summed E-state index contributed by atoms with van der Waals surface area (Å²) in [6.07, 6.45) is 3.44. The Balaban J connectivity index is 1.71. The van der Waals surface area contributed by atoms with Crippen LogP contribution in [-0.4, -0.2) is 43.1 Å². The van der Waals surface area contributed by atoms with E-state index >= 15 is 0 Å². The molecule has 0 spiro atoms. The molecule has 1 N–H and O–H groups in total. The van der Waals surface area contributed by atoms with Crippen molar-refractivity contribution in [3.63, 3.8) is 0 Å². The van der Waals surface area contributed by atoms with Gasteiger partial charge in [0, 0.05) is 25.6 Å². The number of rotatable bonds is 8. The summed E-state index contributed by atoms with van der Waals surface area (Å²) in [5.41, 5.74) is 0. The van der Waals surface area contributed by atoms with Crippen LogP contribution in [0.3, 0.4) is 0 Å². The van der Waals surface area contributed by atoms with Crippen molar-refractivity contribution in [1.29, 1.82) is 0 Å². The van der Waals surface area contributed by atoms with Crippen molar-refractivity contribution in [3.05, 3.63) is 30.3 Å². The van der Waals surface area contributed by atoms with Crippen molar-refractivity contribution in [2.45, 2.75) is 38.6 Å². The van der Waals surface area contributed by atoms with Gasteiger partial charge in [-0.05, 0) is 37.9 Å². The van der Waals surface area contributed by atoms with Gasteiger partial charge in [-0.15, -0.1) is 0 Å². The molecule has 1 unspecified atom stereocenters. The second-order valence-electron chi connectivity index (χ2n) is 5.50. The van der Waals surface area contributed by atoms with Crippen LogP contribution >= 0.6 is 0 Å². The third kappa shape index (κ3) is 5.05. The van der Waals surface area contributed by atoms with Crippen LogP contribution in [0.5, 0.6) is 5.75 Å². The fraction of sp³-hybridized carbons (Fsp3) is 0.588. The number of carbonyl (C=O) groups is 1. The van der Waals surface area contributed by atoms with E-state index in [2.05, 4.69) is 17.1 Å². The van der Waals surface area contributed by atoms with E-state index in [1.807, 2.05) is 30.3 Å². The number of amides is 1. The molecule has 116 valence electrons. The Morgan fingerprint density at radius 1 is 1.38 bits per heavy atom. The molecule has 1 heterocycles. The van der Waals surface area contributed by atoms with Gasteiger partial charge in [0.15, 0.2) is 0 Å². The summed E-state index contributed by atoms with van der Waals surface area (Å²) in [6.45, 7) is 5.55. The molecule has 0 saturated carbocycles. The number of para-hydroxylation sites is 1. The maximum atomic E-state index is 12.4. The summed E-state index contributed by atoms with van der Waals surface area (Å²) in [5.74, 6) is 1.14. The standard InChI is InChI=1S/C17H26N2O2/c1-2-12-19(15-10-11-18-14-15)17(20)9-6-13-21-16-7-4-3-5-8-16/h3-5,7-8,15,18H,2,6,9-14H2,1H3. The fourth-order valence-electron chi connectivity index (χ4n) is 2.73. The van der Waals surface area contributed by atoms with Gasteiger partial charge in [-0.2, -0.15) is 0 Å². The number of nitrogens with one attached hydrogen (secondary N) is 1. The predicted molar refractivity (Wildman–Crippen MR) is 84.4 cm³/mol. The van der Waals surface area contributed by atoms with Crippen molar-refractivity contribution in [3.8, 4) is 5.75 Å². The van der Waals surface area contributed by atoms with Crippen molar-refractivity contribution < 1.29 is 9.53 Å². The summed E-state index contributed by atoms with van der Waals surface area (Å²) in [7, 11) is 0. The molecule has 21 heavy (non-hydrogen) atoms. The maximum Gasteiger partial charge on any atom is 0.222 e. The normalized spacial score (nSPS) is 17.7. The highest BCUT2D eigenvalue weighted by molar-refractivity contribution is 5.76. The zero-order valence-electron chi connectivity index (χ0n) is 12.9. The van der Waals surface area contributed by atoms with Gasteiger partial charge >= 0.3 is 0 Å². The summed E-state index contributed by atoms with van der Waals surface area (Å²) < 4.78 is 5.64. The molecule has 4 nitrogen and oxygen atoms in total. The van der Waals surface area contributed by atoms with Crippen LogP contribution in [0.4, 0.5) is 0 Å². The van der Waals surface area contributed by atoms with Crippen molar-refractivity contribution in [1.82, 2.24) is 10.2 Å². The summed E-state index contributed by atoms with van der Waals surface area (Å²) >= 11 is 0. The Morgan fingerprint density at radius 3 is 2.86 bits per heavy atom. The SMILES string of the molecule is CCCN(C(=O)CCCOc1ccccc1)C1CCNC1. The average molecular weight is 290 g/mol. The van der Waals surface area contributed by atoms with Crippen molar-refractivity contribution in [2.24, 2.45) is 0 Å². The van der Waals surface area contributed by atoms with E-state index in [-0.39, 0.29) is 5.91 Å². The van der Waals surface area contributed by atoms with Gasteiger partial charge in [0.2, 0.25) is 5.91 Å². The summed E-state index contributed by atoms with van der Waals surface area (Å²) in [5, 5.41) is 3.34. The Hall–Kier alpha value is -1.55. The molecule has 1 saturated heterocycles. The maximum absolute atomic E-state index is 12.4. The summed E-state index contributed by atoms with van der Waals surface area (Å²) in [4.78, 5) is 14.4. The molecule has 0 radical (unpaired) electrons. The Labute approximate surface area is 127 Å². The van der Waals surface area contributed by atoms with Gasteiger partial charge in [0.1, 0.15) is 5.75 Å². The molecule has 2 rings (SSSR count). The number of ether oxygens (including phenoxy) is 1. The fourth-order valence-corrected chi connectivity index (χ4v) is 2.73. The lowest BCUT2D eigenvalue weighted by atomic mass is 10.1. The van der Waals surface area contributed by atoms with Gasteiger partial charge in [-0.3, -0.25) is 4.79 Å². The van der Waals surface area contributed by atoms with E-state index in [0.717, 1.165) is 44.6 Å². The molecule has 1 aromatic rings. The van der Waals surface area contributed by atoms with Gasteiger partial charge in [-0.1, -0.05) is 25.1 Å². The molecule has 0 aromatic heterocycles. The third-order valence-electron chi connectivity index (χ3n) is 3.81. The minimum atomic E-state index is 0.266. The molecule has 0 bridgehead atoms. The van der Waals surface area contributed by atoms with E-state index in [9.17, 15) is 4.79 Å². The van der Waals surface area contributed by atoms with Gasteiger partial charge < -0.3 is 15.0 Å².